The Bertz CT molecular complexity index is 353. The second-order valence-electron chi connectivity index (χ2n) is 4.68. The average Bonchev–Trinajstić information content (AvgIpc) is 2.28. The second-order valence-corrected chi connectivity index (χ2v) is 5.59. The summed E-state index contributed by atoms with van der Waals surface area (Å²) < 4.78 is 1.03. The molecule has 0 aromatic carbocycles. The molecule has 0 atom stereocenters. The zero-order valence-corrected chi connectivity index (χ0v) is 12.7. The molecule has 1 aromatic heterocycles. The third-order valence-electron chi connectivity index (χ3n) is 2.61. The summed E-state index contributed by atoms with van der Waals surface area (Å²) in [4.78, 5) is 6.65. The first-order valence-corrected chi connectivity index (χ1v) is 6.90. The molecule has 3 nitrogen and oxygen atoms in total. The molecule has 1 N–H and O–H groups in total. The first kappa shape index (κ1) is 14.5. The topological polar surface area (TPSA) is 28.2 Å². The van der Waals surface area contributed by atoms with Crippen molar-refractivity contribution in [1.82, 2.24) is 10.3 Å². The third kappa shape index (κ3) is 4.64. The molecule has 0 saturated heterocycles. The van der Waals surface area contributed by atoms with Crippen LogP contribution in [0.1, 0.15) is 26.3 Å². The first-order chi connectivity index (χ1) is 8.04. The maximum Gasteiger partial charge on any atom is 0.132 e. The summed E-state index contributed by atoms with van der Waals surface area (Å²) in [6.07, 6.45) is 1.85. The van der Waals surface area contributed by atoms with E-state index in [4.69, 9.17) is 0 Å². The van der Waals surface area contributed by atoms with Gasteiger partial charge in [0, 0.05) is 36.4 Å². The predicted octanol–water partition coefficient (Wildman–Crippen LogP) is 3.05. The summed E-state index contributed by atoms with van der Waals surface area (Å²) in [5.41, 5.74) is 1.24. The van der Waals surface area contributed by atoms with Crippen molar-refractivity contribution in [2.24, 2.45) is 5.92 Å². The molecular weight excluding hydrogens is 278 g/mol. The quantitative estimate of drug-likeness (QED) is 0.875. The molecule has 0 saturated carbocycles. The number of anilines is 1. The SMILES string of the molecule is CCN(C)c1ncc(Br)cc1CNCC(C)C. The van der Waals surface area contributed by atoms with E-state index in [1.54, 1.807) is 0 Å². The van der Waals surface area contributed by atoms with Gasteiger partial charge in [0.2, 0.25) is 0 Å². The van der Waals surface area contributed by atoms with Crippen molar-refractivity contribution in [1.29, 1.82) is 0 Å². The summed E-state index contributed by atoms with van der Waals surface area (Å²) in [6.45, 7) is 9.42. The number of aromatic nitrogens is 1. The predicted molar refractivity (Wildman–Crippen MR) is 77.4 cm³/mol. The minimum atomic E-state index is 0.669. The van der Waals surface area contributed by atoms with Crippen molar-refractivity contribution in [3.05, 3.63) is 22.3 Å². The van der Waals surface area contributed by atoms with Crippen LogP contribution < -0.4 is 10.2 Å². The molecule has 1 rings (SSSR count). The minimum absolute atomic E-state index is 0.669. The first-order valence-electron chi connectivity index (χ1n) is 6.10. The Morgan fingerprint density at radius 1 is 1.47 bits per heavy atom. The van der Waals surface area contributed by atoms with Gasteiger partial charge in [-0.05, 0) is 41.4 Å². The Hall–Kier alpha value is -0.610. The molecule has 1 heterocycles. The number of nitrogens with one attached hydrogen (secondary N) is 1. The number of halogens is 1. The lowest BCUT2D eigenvalue weighted by Gasteiger charge is -2.20. The molecule has 0 spiro atoms. The molecule has 0 fully saturated rings. The van der Waals surface area contributed by atoms with E-state index in [1.165, 1.54) is 5.56 Å². The van der Waals surface area contributed by atoms with E-state index in [2.05, 4.69) is 65.0 Å². The lowest BCUT2D eigenvalue weighted by Crippen LogP contribution is -2.23. The van der Waals surface area contributed by atoms with Gasteiger partial charge in [0.15, 0.2) is 0 Å². The van der Waals surface area contributed by atoms with Gasteiger partial charge in [-0.25, -0.2) is 4.98 Å². The van der Waals surface area contributed by atoms with Crippen LogP contribution in [0.4, 0.5) is 5.82 Å². The zero-order valence-electron chi connectivity index (χ0n) is 11.1. The third-order valence-corrected chi connectivity index (χ3v) is 3.05. The smallest absolute Gasteiger partial charge is 0.132 e. The molecule has 96 valence electrons. The van der Waals surface area contributed by atoms with Gasteiger partial charge in [-0.15, -0.1) is 0 Å². The molecular formula is C13H22BrN3. The molecule has 0 radical (unpaired) electrons. The Morgan fingerprint density at radius 3 is 2.76 bits per heavy atom. The summed E-state index contributed by atoms with van der Waals surface area (Å²) in [6, 6.07) is 2.14. The Morgan fingerprint density at radius 2 is 2.18 bits per heavy atom. The number of hydrogen-bond donors (Lipinski definition) is 1. The molecule has 0 aliphatic carbocycles. The van der Waals surface area contributed by atoms with Crippen LogP contribution in [0.2, 0.25) is 0 Å². The van der Waals surface area contributed by atoms with E-state index < -0.39 is 0 Å². The number of pyridine rings is 1. The van der Waals surface area contributed by atoms with Gasteiger partial charge in [-0.1, -0.05) is 13.8 Å². The Labute approximate surface area is 113 Å². The number of hydrogen-bond acceptors (Lipinski definition) is 3. The van der Waals surface area contributed by atoms with Crippen LogP contribution in [0.5, 0.6) is 0 Å². The van der Waals surface area contributed by atoms with Gasteiger partial charge in [0.05, 0.1) is 0 Å². The summed E-state index contributed by atoms with van der Waals surface area (Å²) in [5.74, 6) is 1.73. The van der Waals surface area contributed by atoms with Gasteiger partial charge in [0.25, 0.3) is 0 Å². The van der Waals surface area contributed by atoms with E-state index in [9.17, 15) is 0 Å². The Balaban J connectivity index is 2.76. The largest absolute Gasteiger partial charge is 0.360 e. The van der Waals surface area contributed by atoms with E-state index in [1.807, 2.05) is 6.20 Å². The van der Waals surface area contributed by atoms with E-state index >= 15 is 0 Å². The highest BCUT2D eigenvalue weighted by molar-refractivity contribution is 9.10. The van der Waals surface area contributed by atoms with Crippen LogP contribution in [0.25, 0.3) is 0 Å². The maximum absolute atomic E-state index is 4.49. The van der Waals surface area contributed by atoms with E-state index in [0.717, 1.165) is 29.9 Å². The van der Waals surface area contributed by atoms with Crippen molar-refractivity contribution in [2.45, 2.75) is 27.3 Å². The summed E-state index contributed by atoms with van der Waals surface area (Å²) in [7, 11) is 2.07. The molecule has 0 bridgehead atoms. The zero-order chi connectivity index (χ0) is 12.8. The van der Waals surface area contributed by atoms with Crippen LogP contribution in [-0.2, 0) is 6.54 Å². The minimum Gasteiger partial charge on any atom is -0.360 e. The van der Waals surface area contributed by atoms with Crippen molar-refractivity contribution in [3.63, 3.8) is 0 Å². The van der Waals surface area contributed by atoms with Crippen molar-refractivity contribution < 1.29 is 0 Å². The van der Waals surface area contributed by atoms with Crippen molar-refractivity contribution >= 4 is 21.7 Å². The molecule has 0 amide bonds. The maximum atomic E-state index is 4.49. The molecule has 1 aromatic rings. The van der Waals surface area contributed by atoms with Crippen molar-refractivity contribution in [3.8, 4) is 0 Å². The standard InChI is InChI=1S/C13H22BrN3/c1-5-17(4)13-11(6-12(14)9-16-13)8-15-7-10(2)3/h6,9-10,15H,5,7-8H2,1-4H3. The molecule has 0 aliphatic rings. The summed E-state index contributed by atoms with van der Waals surface area (Å²) >= 11 is 3.48. The monoisotopic (exact) mass is 299 g/mol. The van der Waals surface area contributed by atoms with Gasteiger partial charge in [0.1, 0.15) is 5.82 Å². The fraction of sp³-hybridized carbons (Fsp3) is 0.615. The highest BCUT2D eigenvalue weighted by atomic mass is 79.9. The molecule has 17 heavy (non-hydrogen) atoms. The van der Waals surface area contributed by atoms with Gasteiger partial charge in [-0.3, -0.25) is 0 Å². The van der Waals surface area contributed by atoms with Crippen LogP contribution in [0.3, 0.4) is 0 Å². The fourth-order valence-corrected chi connectivity index (χ4v) is 1.97. The number of nitrogens with zero attached hydrogens (tertiary/aromatic N) is 2. The van der Waals surface area contributed by atoms with E-state index in [0.29, 0.717) is 5.92 Å². The molecule has 0 unspecified atom stereocenters. The van der Waals surface area contributed by atoms with Crippen LogP contribution >= 0.6 is 15.9 Å². The number of rotatable bonds is 6. The molecule has 4 heteroatoms. The van der Waals surface area contributed by atoms with Gasteiger partial charge < -0.3 is 10.2 Å². The van der Waals surface area contributed by atoms with Gasteiger partial charge >= 0.3 is 0 Å². The lowest BCUT2D eigenvalue weighted by atomic mass is 10.2. The molecule has 0 aliphatic heterocycles. The fourth-order valence-electron chi connectivity index (χ4n) is 1.59. The Kier molecular flexibility index (Phi) is 5.92. The average molecular weight is 300 g/mol. The van der Waals surface area contributed by atoms with Crippen LogP contribution in [0.15, 0.2) is 16.7 Å². The highest BCUT2D eigenvalue weighted by Gasteiger charge is 2.08. The second kappa shape index (κ2) is 6.97. The van der Waals surface area contributed by atoms with E-state index in [-0.39, 0.29) is 0 Å². The lowest BCUT2D eigenvalue weighted by molar-refractivity contribution is 0.551. The highest BCUT2D eigenvalue weighted by Crippen LogP contribution is 2.20. The van der Waals surface area contributed by atoms with Gasteiger partial charge in [-0.2, -0.15) is 0 Å². The van der Waals surface area contributed by atoms with Crippen LogP contribution in [-0.4, -0.2) is 25.1 Å². The summed E-state index contributed by atoms with van der Waals surface area (Å²) in [5, 5.41) is 3.46. The van der Waals surface area contributed by atoms with Crippen LogP contribution in [0, 0.1) is 5.92 Å². The normalized spacial score (nSPS) is 10.9. The van der Waals surface area contributed by atoms with Crippen molar-refractivity contribution in [2.75, 3.05) is 25.0 Å².